The van der Waals surface area contributed by atoms with Gasteiger partial charge >= 0.3 is 5.97 Å². The molecular weight excluding hydrogens is 332 g/mol. The molecule has 2 rings (SSSR count). The van der Waals surface area contributed by atoms with Crippen molar-refractivity contribution in [3.8, 4) is 0 Å². The average Bonchev–Trinajstić information content (AvgIpc) is 2.60. The highest BCUT2D eigenvalue weighted by Gasteiger charge is 2.15. The molecule has 0 unspecified atom stereocenters. The summed E-state index contributed by atoms with van der Waals surface area (Å²) in [5, 5.41) is 5.53. The van der Waals surface area contributed by atoms with E-state index in [0.717, 1.165) is 0 Å². The summed E-state index contributed by atoms with van der Waals surface area (Å²) < 4.78 is 4.60. The second-order valence-electron chi connectivity index (χ2n) is 4.79. The van der Waals surface area contributed by atoms with Crippen molar-refractivity contribution in [1.29, 1.82) is 0 Å². The molecule has 0 fully saturated rings. The van der Waals surface area contributed by atoms with E-state index >= 15 is 0 Å². The summed E-state index contributed by atoms with van der Waals surface area (Å²) in [5.74, 6) is -1.26. The summed E-state index contributed by atoms with van der Waals surface area (Å²) in [4.78, 5) is 35.6. The van der Waals surface area contributed by atoms with Crippen molar-refractivity contribution in [2.45, 2.75) is 0 Å². The molecule has 0 heterocycles. The number of amides is 2. The first-order valence-electron chi connectivity index (χ1n) is 6.97. The van der Waals surface area contributed by atoms with Crippen molar-refractivity contribution in [2.24, 2.45) is 0 Å². The highest BCUT2D eigenvalue weighted by molar-refractivity contribution is 6.31. The van der Waals surface area contributed by atoms with Crippen LogP contribution in [0.1, 0.15) is 31.1 Å². The number of halogens is 1. The van der Waals surface area contributed by atoms with Crippen molar-refractivity contribution in [1.82, 2.24) is 5.32 Å². The molecule has 7 heteroatoms. The van der Waals surface area contributed by atoms with Gasteiger partial charge in [0.05, 0.1) is 23.9 Å². The van der Waals surface area contributed by atoms with Crippen molar-refractivity contribution >= 4 is 35.1 Å². The van der Waals surface area contributed by atoms with Crippen LogP contribution in [-0.2, 0) is 4.74 Å². The lowest BCUT2D eigenvalue weighted by atomic mass is 10.1. The van der Waals surface area contributed by atoms with E-state index < -0.39 is 11.9 Å². The van der Waals surface area contributed by atoms with E-state index in [-0.39, 0.29) is 5.91 Å². The van der Waals surface area contributed by atoms with E-state index in [2.05, 4.69) is 15.4 Å². The minimum absolute atomic E-state index is 0.293. The smallest absolute Gasteiger partial charge is 0.337 e. The number of benzene rings is 2. The summed E-state index contributed by atoms with van der Waals surface area (Å²) in [6, 6.07) is 10.5. The van der Waals surface area contributed by atoms with Crippen LogP contribution >= 0.6 is 11.6 Å². The minimum atomic E-state index is -0.487. The Hall–Kier alpha value is -2.86. The molecule has 24 heavy (non-hydrogen) atoms. The molecule has 0 bridgehead atoms. The first kappa shape index (κ1) is 17.5. The van der Waals surface area contributed by atoms with Gasteiger partial charge in [-0.2, -0.15) is 0 Å². The summed E-state index contributed by atoms with van der Waals surface area (Å²) in [5.41, 5.74) is 1.25. The molecule has 0 aliphatic rings. The zero-order valence-electron chi connectivity index (χ0n) is 13.1. The predicted molar refractivity (Wildman–Crippen MR) is 90.6 cm³/mol. The molecule has 124 valence electrons. The number of anilines is 1. The van der Waals surface area contributed by atoms with Crippen LogP contribution in [0.4, 0.5) is 5.69 Å². The largest absolute Gasteiger partial charge is 0.465 e. The summed E-state index contributed by atoms with van der Waals surface area (Å²) in [6.07, 6.45) is 0. The van der Waals surface area contributed by atoms with Crippen LogP contribution < -0.4 is 10.6 Å². The third-order valence-electron chi connectivity index (χ3n) is 3.27. The highest BCUT2D eigenvalue weighted by atomic mass is 35.5. The Bertz CT molecular complexity index is 788. The molecule has 0 aromatic heterocycles. The van der Waals surface area contributed by atoms with E-state index in [1.165, 1.54) is 50.6 Å². The van der Waals surface area contributed by atoms with Crippen LogP contribution in [0.15, 0.2) is 42.5 Å². The van der Waals surface area contributed by atoms with Gasteiger partial charge in [0, 0.05) is 17.6 Å². The van der Waals surface area contributed by atoms with Gasteiger partial charge in [-0.1, -0.05) is 11.6 Å². The summed E-state index contributed by atoms with van der Waals surface area (Å²) in [7, 11) is 2.77. The third kappa shape index (κ3) is 3.91. The maximum Gasteiger partial charge on any atom is 0.337 e. The number of rotatable bonds is 4. The fourth-order valence-electron chi connectivity index (χ4n) is 2.02. The Morgan fingerprint density at radius 1 is 0.958 bits per heavy atom. The quantitative estimate of drug-likeness (QED) is 0.834. The number of ether oxygens (including phenoxy) is 1. The summed E-state index contributed by atoms with van der Waals surface area (Å²) >= 11 is 5.93. The van der Waals surface area contributed by atoms with Gasteiger partial charge in [0.1, 0.15) is 0 Å². The van der Waals surface area contributed by atoms with Gasteiger partial charge < -0.3 is 15.4 Å². The van der Waals surface area contributed by atoms with Crippen molar-refractivity contribution in [3.05, 3.63) is 64.2 Å². The van der Waals surface area contributed by atoms with Gasteiger partial charge in [-0.15, -0.1) is 0 Å². The van der Waals surface area contributed by atoms with Crippen LogP contribution in [0.2, 0.25) is 5.02 Å². The third-order valence-corrected chi connectivity index (χ3v) is 3.50. The lowest BCUT2D eigenvalue weighted by Crippen LogP contribution is -2.21. The average molecular weight is 347 g/mol. The fraction of sp³-hybridized carbons (Fsp3) is 0.118. The maximum absolute atomic E-state index is 12.3. The Kier molecular flexibility index (Phi) is 5.55. The standard InChI is InChI=1S/C17H15ClN2O4/c1-19-16(22)13-8-7-12(18)9-14(13)20-15(21)10-3-5-11(6-4-10)17(23)24-2/h3-9H,1-2H3,(H,19,22)(H,20,21). The first-order valence-corrected chi connectivity index (χ1v) is 7.35. The molecule has 0 atom stereocenters. The molecule has 6 nitrogen and oxygen atoms in total. The molecule has 0 radical (unpaired) electrons. The van der Waals surface area contributed by atoms with E-state index in [0.29, 0.717) is 27.4 Å². The SMILES string of the molecule is CNC(=O)c1ccc(Cl)cc1NC(=O)c1ccc(C(=O)OC)cc1. The van der Waals surface area contributed by atoms with Crippen LogP contribution in [-0.4, -0.2) is 31.9 Å². The summed E-state index contributed by atoms with van der Waals surface area (Å²) in [6.45, 7) is 0. The van der Waals surface area contributed by atoms with E-state index in [4.69, 9.17) is 11.6 Å². The van der Waals surface area contributed by atoms with Crippen LogP contribution in [0.3, 0.4) is 0 Å². The van der Waals surface area contributed by atoms with Gasteiger partial charge in [-0.05, 0) is 42.5 Å². The second-order valence-corrected chi connectivity index (χ2v) is 5.23. The minimum Gasteiger partial charge on any atom is -0.465 e. The Balaban J connectivity index is 2.25. The molecule has 2 amide bonds. The molecule has 0 aliphatic carbocycles. The number of methoxy groups -OCH3 is 1. The normalized spacial score (nSPS) is 9.96. The monoisotopic (exact) mass is 346 g/mol. The number of carbonyl (C=O) groups is 3. The van der Waals surface area contributed by atoms with Gasteiger partial charge in [0.15, 0.2) is 0 Å². The lowest BCUT2D eigenvalue weighted by Gasteiger charge is -2.11. The van der Waals surface area contributed by atoms with Crippen LogP contribution in [0, 0.1) is 0 Å². The number of carbonyl (C=O) groups excluding carboxylic acids is 3. The van der Waals surface area contributed by atoms with Crippen LogP contribution in [0.25, 0.3) is 0 Å². The molecule has 0 saturated carbocycles. The molecule has 0 saturated heterocycles. The number of hydrogen-bond acceptors (Lipinski definition) is 4. The van der Waals surface area contributed by atoms with Crippen molar-refractivity contribution in [2.75, 3.05) is 19.5 Å². The Morgan fingerprint density at radius 2 is 1.58 bits per heavy atom. The van der Waals surface area contributed by atoms with Crippen molar-refractivity contribution < 1.29 is 19.1 Å². The van der Waals surface area contributed by atoms with Gasteiger partial charge in [-0.25, -0.2) is 4.79 Å². The maximum atomic E-state index is 12.3. The molecule has 0 spiro atoms. The van der Waals surface area contributed by atoms with Crippen LogP contribution in [0.5, 0.6) is 0 Å². The van der Waals surface area contributed by atoms with E-state index in [9.17, 15) is 14.4 Å². The number of nitrogens with one attached hydrogen (secondary N) is 2. The zero-order chi connectivity index (χ0) is 17.7. The van der Waals surface area contributed by atoms with Gasteiger partial charge in [0.2, 0.25) is 0 Å². The first-order chi connectivity index (χ1) is 11.5. The topological polar surface area (TPSA) is 84.5 Å². The molecular formula is C17H15ClN2O4. The Labute approximate surface area is 143 Å². The molecule has 0 aliphatic heterocycles. The van der Waals surface area contributed by atoms with E-state index in [1.54, 1.807) is 6.07 Å². The number of hydrogen-bond donors (Lipinski definition) is 2. The predicted octanol–water partition coefficient (Wildman–Crippen LogP) is 2.74. The molecule has 2 aromatic carbocycles. The zero-order valence-corrected chi connectivity index (χ0v) is 13.8. The van der Waals surface area contributed by atoms with Gasteiger partial charge in [-0.3, -0.25) is 9.59 Å². The van der Waals surface area contributed by atoms with Crippen molar-refractivity contribution in [3.63, 3.8) is 0 Å². The highest BCUT2D eigenvalue weighted by Crippen LogP contribution is 2.22. The fourth-order valence-corrected chi connectivity index (χ4v) is 2.19. The van der Waals surface area contributed by atoms with E-state index in [1.807, 2.05) is 0 Å². The molecule has 2 aromatic rings. The molecule has 2 N–H and O–H groups in total. The van der Waals surface area contributed by atoms with Gasteiger partial charge in [0.25, 0.3) is 11.8 Å². The number of esters is 1. The second kappa shape index (κ2) is 7.61. The lowest BCUT2D eigenvalue weighted by molar-refractivity contribution is 0.0600. The Morgan fingerprint density at radius 3 is 2.17 bits per heavy atom.